The van der Waals surface area contributed by atoms with Gasteiger partial charge in [0, 0.05) is 30.8 Å². The number of hydrogen-bond donors (Lipinski definition) is 1. The Morgan fingerprint density at radius 3 is 2.39 bits per heavy atom. The first-order chi connectivity index (χ1) is 11.2. The zero-order valence-electron chi connectivity index (χ0n) is 13.5. The smallest absolute Gasteiger partial charge is 0.127 e. The summed E-state index contributed by atoms with van der Waals surface area (Å²) < 4.78 is 24.5. The van der Waals surface area contributed by atoms with Crippen LogP contribution in [0.4, 0.5) is 4.39 Å². The summed E-state index contributed by atoms with van der Waals surface area (Å²) in [5.41, 5.74) is 1.53. The van der Waals surface area contributed by atoms with Crippen molar-refractivity contribution in [3.05, 3.63) is 59.4 Å². The molecule has 2 rings (SSSR count). The molecule has 0 amide bonds. The highest BCUT2D eigenvalue weighted by molar-refractivity contribution is 5.40. The van der Waals surface area contributed by atoms with Gasteiger partial charge in [-0.2, -0.15) is 0 Å². The van der Waals surface area contributed by atoms with E-state index in [1.807, 2.05) is 29.2 Å². The van der Waals surface area contributed by atoms with E-state index < -0.39 is 0 Å². The number of nitrogens with zero attached hydrogens (tertiary/aromatic N) is 1. The van der Waals surface area contributed by atoms with Gasteiger partial charge in [-0.25, -0.2) is 4.39 Å². The van der Waals surface area contributed by atoms with Crippen LogP contribution in [-0.2, 0) is 13.1 Å². The highest BCUT2D eigenvalue weighted by atomic mass is 19.1. The average molecular weight is 319 g/mol. The highest BCUT2D eigenvalue weighted by Crippen LogP contribution is 2.26. The van der Waals surface area contributed by atoms with Crippen molar-refractivity contribution < 1.29 is 19.0 Å². The number of aliphatic hydroxyl groups is 1. The molecule has 0 atom stereocenters. The summed E-state index contributed by atoms with van der Waals surface area (Å²) in [4.78, 5) is 1.97. The number of ether oxygens (including phenoxy) is 2. The van der Waals surface area contributed by atoms with Crippen LogP contribution in [0, 0.1) is 5.82 Å². The third kappa shape index (κ3) is 4.68. The Morgan fingerprint density at radius 1 is 1.00 bits per heavy atom. The molecule has 0 aromatic heterocycles. The molecule has 0 aliphatic heterocycles. The summed E-state index contributed by atoms with van der Waals surface area (Å²) >= 11 is 0. The van der Waals surface area contributed by atoms with E-state index in [4.69, 9.17) is 9.47 Å². The van der Waals surface area contributed by atoms with E-state index in [-0.39, 0.29) is 12.4 Å². The molecule has 0 bridgehead atoms. The summed E-state index contributed by atoms with van der Waals surface area (Å²) in [6.45, 7) is 1.37. The number of methoxy groups -OCH3 is 2. The van der Waals surface area contributed by atoms with Crippen molar-refractivity contribution >= 4 is 0 Å². The minimum atomic E-state index is -0.243. The van der Waals surface area contributed by atoms with Gasteiger partial charge in [-0.05, 0) is 24.3 Å². The molecule has 0 heterocycles. The summed E-state index contributed by atoms with van der Waals surface area (Å²) in [7, 11) is 3.22. The lowest BCUT2D eigenvalue weighted by Crippen LogP contribution is -2.26. The molecule has 4 nitrogen and oxygen atoms in total. The fourth-order valence-electron chi connectivity index (χ4n) is 2.47. The van der Waals surface area contributed by atoms with E-state index in [2.05, 4.69) is 0 Å². The molecule has 0 fully saturated rings. The van der Waals surface area contributed by atoms with Crippen LogP contribution in [0.5, 0.6) is 11.5 Å². The van der Waals surface area contributed by atoms with E-state index in [1.165, 1.54) is 6.07 Å². The van der Waals surface area contributed by atoms with Crippen LogP contribution < -0.4 is 9.47 Å². The minimum absolute atomic E-state index is 0.000731. The largest absolute Gasteiger partial charge is 0.497 e. The van der Waals surface area contributed by atoms with Crippen LogP contribution in [0.3, 0.4) is 0 Å². The molecule has 0 aliphatic carbocycles. The number of rotatable bonds is 8. The van der Waals surface area contributed by atoms with E-state index in [0.29, 0.717) is 25.2 Å². The Labute approximate surface area is 136 Å². The molecular formula is C18H22FNO3. The lowest BCUT2D eigenvalue weighted by atomic mass is 10.1. The molecule has 0 saturated heterocycles. The molecule has 0 aliphatic rings. The fraction of sp³-hybridized carbons (Fsp3) is 0.333. The molecule has 1 N–H and O–H groups in total. The number of benzene rings is 2. The summed E-state index contributed by atoms with van der Waals surface area (Å²) in [5.74, 6) is 1.23. The second kappa shape index (κ2) is 8.50. The Balaban J connectivity index is 2.20. The minimum Gasteiger partial charge on any atom is -0.497 e. The summed E-state index contributed by atoms with van der Waals surface area (Å²) in [5, 5.41) is 9.30. The van der Waals surface area contributed by atoms with Gasteiger partial charge >= 0.3 is 0 Å². The second-order valence-corrected chi connectivity index (χ2v) is 5.20. The van der Waals surface area contributed by atoms with Gasteiger partial charge in [-0.15, -0.1) is 0 Å². The van der Waals surface area contributed by atoms with Gasteiger partial charge < -0.3 is 14.6 Å². The number of aliphatic hydroxyl groups excluding tert-OH is 1. The molecule has 0 unspecified atom stereocenters. The van der Waals surface area contributed by atoms with Crippen molar-refractivity contribution in [3.63, 3.8) is 0 Å². The Hall–Kier alpha value is -2.11. The normalized spacial score (nSPS) is 10.8. The molecule has 23 heavy (non-hydrogen) atoms. The standard InChI is InChI=1S/C18H22FNO3/c1-22-16-7-8-18(23-2)15(11-16)13-20(9-10-21)12-14-5-3-4-6-17(14)19/h3-8,11,21H,9-10,12-13H2,1-2H3. The maximum atomic E-state index is 13.9. The SMILES string of the molecule is COc1ccc(OC)c(CN(CCO)Cc2ccccc2F)c1. The van der Waals surface area contributed by atoms with Crippen molar-refractivity contribution in [2.24, 2.45) is 0 Å². The van der Waals surface area contributed by atoms with E-state index in [9.17, 15) is 9.50 Å². The van der Waals surface area contributed by atoms with Crippen LogP contribution in [-0.4, -0.2) is 37.4 Å². The zero-order valence-corrected chi connectivity index (χ0v) is 13.5. The van der Waals surface area contributed by atoms with Gasteiger partial charge in [-0.1, -0.05) is 18.2 Å². The van der Waals surface area contributed by atoms with Gasteiger partial charge in [0.2, 0.25) is 0 Å². The van der Waals surface area contributed by atoms with Gasteiger partial charge in [0.25, 0.3) is 0 Å². The van der Waals surface area contributed by atoms with Crippen LogP contribution in [0.1, 0.15) is 11.1 Å². The van der Waals surface area contributed by atoms with Crippen molar-refractivity contribution in [2.75, 3.05) is 27.4 Å². The predicted octanol–water partition coefficient (Wildman–Crippen LogP) is 2.84. The molecule has 0 saturated carbocycles. The topological polar surface area (TPSA) is 41.9 Å². The number of halogens is 1. The van der Waals surface area contributed by atoms with Crippen LogP contribution >= 0.6 is 0 Å². The van der Waals surface area contributed by atoms with Crippen LogP contribution in [0.2, 0.25) is 0 Å². The maximum absolute atomic E-state index is 13.9. The van der Waals surface area contributed by atoms with Gasteiger partial charge in [-0.3, -0.25) is 4.90 Å². The van der Waals surface area contributed by atoms with E-state index >= 15 is 0 Å². The number of hydrogen-bond acceptors (Lipinski definition) is 4. The first kappa shape index (κ1) is 17.2. The van der Waals surface area contributed by atoms with E-state index in [0.717, 1.165) is 17.1 Å². The van der Waals surface area contributed by atoms with Crippen molar-refractivity contribution in [1.29, 1.82) is 0 Å². The second-order valence-electron chi connectivity index (χ2n) is 5.20. The first-order valence-corrected chi connectivity index (χ1v) is 7.45. The van der Waals surface area contributed by atoms with Crippen molar-refractivity contribution in [3.8, 4) is 11.5 Å². The Bertz CT molecular complexity index is 633. The monoisotopic (exact) mass is 319 g/mol. The van der Waals surface area contributed by atoms with Crippen molar-refractivity contribution in [2.45, 2.75) is 13.1 Å². The first-order valence-electron chi connectivity index (χ1n) is 7.45. The van der Waals surface area contributed by atoms with Gasteiger partial charge in [0.1, 0.15) is 17.3 Å². The zero-order chi connectivity index (χ0) is 16.7. The summed E-state index contributed by atoms with van der Waals surface area (Å²) in [6, 6.07) is 12.2. The fourth-order valence-corrected chi connectivity index (χ4v) is 2.47. The van der Waals surface area contributed by atoms with Crippen LogP contribution in [0.15, 0.2) is 42.5 Å². The third-order valence-electron chi connectivity index (χ3n) is 3.65. The molecule has 0 radical (unpaired) electrons. The molecule has 124 valence electrons. The highest BCUT2D eigenvalue weighted by Gasteiger charge is 2.13. The molecule has 5 heteroatoms. The lowest BCUT2D eigenvalue weighted by molar-refractivity contribution is 0.181. The third-order valence-corrected chi connectivity index (χ3v) is 3.65. The van der Waals surface area contributed by atoms with Gasteiger partial charge in [0.05, 0.1) is 20.8 Å². The molecule has 2 aromatic rings. The molecule has 0 spiro atoms. The Kier molecular flexibility index (Phi) is 6.38. The maximum Gasteiger partial charge on any atom is 0.127 e. The predicted molar refractivity (Wildman–Crippen MR) is 87.1 cm³/mol. The lowest BCUT2D eigenvalue weighted by Gasteiger charge is -2.23. The van der Waals surface area contributed by atoms with Gasteiger partial charge in [0.15, 0.2) is 0 Å². The molecular weight excluding hydrogens is 297 g/mol. The van der Waals surface area contributed by atoms with E-state index in [1.54, 1.807) is 26.4 Å². The molecule has 2 aromatic carbocycles. The average Bonchev–Trinajstić information content (AvgIpc) is 2.57. The van der Waals surface area contributed by atoms with Crippen molar-refractivity contribution in [1.82, 2.24) is 4.90 Å². The van der Waals surface area contributed by atoms with Crippen LogP contribution in [0.25, 0.3) is 0 Å². The summed E-state index contributed by atoms with van der Waals surface area (Å²) in [6.07, 6.45) is 0. The quantitative estimate of drug-likeness (QED) is 0.812. The Morgan fingerprint density at radius 2 is 1.74 bits per heavy atom.